The first kappa shape index (κ1) is 37.1. The molecular formula is C41H42N4O7. The van der Waals surface area contributed by atoms with Gasteiger partial charge < -0.3 is 19.1 Å². The Morgan fingerprint density at radius 1 is 0.962 bits per heavy atom. The molecule has 2 unspecified atom stereocenters. The van der Waals surface area contributed by atoms with Crippen molar-refractivity contribution in [2.45, 2.75) is 65.1 Å². The smallest absolute Gasteiger partial charge is 0.413 e. The number of aromatic nitrogens is 1. The van der Waals surface area contributed by atoms with Gasteiger partial charge in [0.1, 0.15) is 11.6 Å². The van der Waals surface area contributed by atoms with Gasteiger partial charge in [-0.3, -0.25) is 24.6 Å². The van der Waals surface area contributed by atoms with Gasteiger partial charge in [-0.1, -0.05) is 60.4 Å². The van der Waals surface area contributed by atoms with Crippen LogP contribution in [0.25, 0.3) is 0 Å². The fourth-order valence-corrected chi connectivity index (χ4v) is 5.77. The molecule has 2 atom stereocenters. The minimum absolute atomic E-state index is 0.0949. The molecule has 0 fully saturated rings. The summed E-state index contributed by atoms with van der Waals surface area (Å²) in [7, 11) is 0. The van der Waals surface area contributed by atoms with E-state index in [9.17, 15) is 19.2 Å². The Morgan fingerprint density at radius 2 is 1.67 bits per heavy atom. The lowest BCUT2D eigenvalue weighted by Crippen LogP contribution is -2.46. The highest BCUT2D eigenvalue weighted by Crippen LogP contribution is 2.40. The maximum atomic E-state index is 14.7. The molecule has 0 saturated heterocycles. The number of ether oxygens (including phenoxy) is 3. The van der Waals surface area contributed by atoms with Crippen LogP contribution in [0.5, 0.6) is 5.75 Å². The first-order chi connectivity index (χ1) is 25.0. The van der Waals surface area contributed by atoms with Crippen LogP contribution >= 0.6 is 0 Å². The Hall–Kier alpha value is -6.15. The number of esters is 1. The van der Waals surface area contributed by atoms with E-state index in [1.165, 1.54) is 11.1 Å². The van der Waals surface area contributed by atoms with Crippen molar-refractivity contribution >= 4 is 41.1 Å². The number of pyridine rings is 1. The van der Waals surface area contributed by atoms with Gasteiger partial charge in [-0.05, 0) is 82.6 Å². The standard InChI is InChI=1S/C41H42N4O7/c1-6-50-35(46)26-28(2)44-36(30-17-9-7-10-18-30)39(48)45(31-19-11-8-12-20-31)33-23-22-29(27-32(33)38(44)47)16-13-14-25-51-34-21-15-24-42-37(34)43-40(49)52-41(3,4)5/h7-12,15,17-24,27-28,36H,6,14,25-26H2,1-5H3,(H,42,43,49). The van der Waals surface area contributed by atoms with E-state index >= 15 is 0 Å². The summed E-state index contributed by atoms with van der Waals surface area (Å²) in [6.45, 7) is 9.16. The average Bonchev–Trinajstić information content (AvgIpc) is 3.20. The number of nitrogens with one attached hydrogen (secondary N) is 1. The number of fused-ring (bicyclic) bond motifs is 1. The third-order valence-corrected chi connectivity index (χ3v) is 7.91. The second-order valence-corrected chi connectivity index (χ2v) is 13.0. The summed E-state index contributed by atoms with van der Waals surface area (Å²) in [5.74, 6) is 5.56. The van der Waals surface area contributed by atoms with Crippen LogP contribution in [0.3, 0.4) is 0 Å². The molecule has 0 radical (unpaired) electrons. The minimum Gasteiger partial charge on any atom is -0.489 e. The zero-order valence-electron chi connectivity index (χ0n) is 29.9. The van der Waals surface area contributed by atoms with E-state index in [4.69, 9.17) is 14.2 Å². The van der Waals surface area contributed by atoms with Crippen molar-refractivity contribution < 1.29 is 33.4 Å². The Morgan fingerprint density at radius 3 is 2.37 bits per heavy atom. The number of para-hydroxylation sites is 1. The van der Waals surface area contributed by atoms with E-state index in [1.54, 1.807) is 82.0 Å². The maximum Gasteiger partial charge on any atom is 0.413 e. The van der Waals surface area contributed by atoms with Crippen LogP contribution in [0, 0.1) is 11.8 Å². The molecule has 5 rings (SSSR count). The second kappa shape index (κ2) is 16.7. The van der Waals surface area contributed by atoms with Gasteiger partial charge in [-0.2, -0.15) is 0 Å². The minimum atomic E-state index is -1.03. The third-order valence-electron chi connectivity index (χ3n) is 7.91. The molecule has 0 spiro atoms. The molecule has 268 valence electrons. The SMILES string of the molecule is CCOC(=O)CC(C)N1C(=O)c2cc(C#CCCOc3cccnc3NC(=O)OC(C)(C)C)ccc2N(c2ccccc2)C(=O)C1c1ccccc1. The maximum absolute atomic E-state index is 14.7. The fourth-order valence-electron chi connectivity index (χ4n) is 5.77. The molecule has 1 aliphatic heterocycles. The lowest BCUT2D eigenvalue weighted by molar-refractivity contribution is -0.144. The van der Waals surface area contributed by atoms with Gasteiger partial charge in [0, 0.05) is 29.9 Å². The fraction of sp³-hybridized carbons (Fsp3) is 0.293. The van der Waals surface area contributed by atoms with Crippen molar-refractivity contribution in [2.75, 3.05) is 23.4 Å². The number of carbonyl (C=O) groups is 4. The molecule has 1 aromatic heterocycles. The predicted octanol–water partition coefficient (Wildman–Crippen LogP) is 7.45. The van der Waals surface area contributed by atoms with Crippen LogP contribution in [0.15, 0.2) is 97.2 Å². The summed E-state index contributed by atoms with van der Waals surface area (Å²) in [6.07, 6.45) is 1.11. The topological polar surface area (TPSA) is 127 Å². The van der Waals surface area contributed by atoms with Crippen molar-refractivity contribution in [2.24, 2.45) is 0 Å². The normalized spacial score (nSPS) is 14.7. The summed E-state index contributed by atoms with van der Waals surface area (Å²) in [5, 5.41) is 2.61. The van der Waals surface area contributed by atoms with Crippen molar-refractivity contribution in [1.29, 1.82) is 0 Å². The first-order valence-electron chi connectivity index (χ1n) is 17.1. The molecule has 3 amide bonds. The van der Waals surface area contributed by atoms with E-state index < -0.39 is 35.7 Å². The van der Waals surface area contributed by atoms with Gasteiger partial charge in [0.2, 0.25) is 0 Å². The molecule has 4 aromatic rings. The average molecular weight is 703 g/mol. The highest BCUT2D eigenvalue weighted by atomic mass is 16.6. The summed E-state index contributed by atoms with van der Waals surface area (Å²) in [4.78, 5) is 61.6. The summed E-state index contributed by atoms with van der Waals surface area (Å²) < 4.78 is 16.4. The molecule has 11 heteroatoms. The van der Waals surface area contributed by atoms with Crippen molar-refractivity contribution in [3.05, 3.63) is 114 Å². The lowest BCUT2D eigenvalue weighted by Gasteiger charge is -2.35. The van der Waals surface area contributed by atoms with E-state index in [0.717, 1.165) is 0 Å². The van der Waals surface area contributed by atoms with Crippen LogP contribution in [-0.2, 0) is 19.1 Å². The molecule has 11 nitrogen and oxygen atoms in total. The number of hydrogen-bond acceptors (Lipinski definition) is 8. The molecular weight excluding hydrogens is 660 g/mol. The Bertz CT molecular complexity index is 1970. The highest BCUT2D eigenvalue weighted by molar-refractivity contribution is 6.14. The molecule has 2 heterocycles. The van der Waals surface area contributed by atoms with Gasteiger partial charge in [0.05, 0.1) is 30.9 Å². The van der Waals surface area contributed by atoms with Crippen LogP contribution in [-0.4, -0.2) is 58.6 Å². The van der Waals surface area contributed by atoms with Crippen molar-refractivity contribution in [1.82, 2.24) is 9.88 Å². The number of anilines is 3. The van der Waals surface area contributed by atoms with E-state index in [0.29, 0.717) is 34.7 Å². The molecule has 1 N–H and O–H groups in total. The molecule has 3 aromatic carbocycles. The predicted molar refractivity (Wildman–Crippen MR) is 197 cm³/mol. The molecule has 0 bridgehead atoms. The Balaban J connectivity index is 1.44. The summed E-state index contributed by atoms with van der Waals surface area (Å²) in [6, 6.07) is 25.1. The van der Waals surface area contributed by atoms with E-state index in [-0.39, 0.29) is 36.9 Å². The number of hydrogen-bond donors (Lipinski definition) is 1. The van der Waals surface area contributed by atoms with Crippen LogP contribution in [0.1, 0.15) is 75.0 Å². The van der Waals surface area contributed by atoms with Gasteiger partial charge in [-0.25, -0.2) is 9.78 Å². The van der Waals surface area contributed by atoms with Crippen LogP contribution in [0.2, 0.25) is 0 Å². The van der Waals surface area contributed by atoms with E-state index in [1.807, 2.05) is 48.5 Å². The number of nitrogens with zero attached hydrogens (tertiary/aromatic N) is 3. The molecule has 1 aliphatic rings. The molecule has 52 heavy (non-hydrogen) atoms. The second-order valence-electron chi connectivity index (χ2n) is 13.0. The monoisotopic (exact) mass is 702 g/mol. The van der Waals surface area contributed by atoms with Gasteiger partial charge in [0.15, 0.2) is 11.6 Å². The summed E-state index contributed by atoms with van der Waals surface area (Å²) >= 11 is 0. The lowest BCUT2D eigenvalue weighted by atomic mass is 10.0. The zero-order valence-corrected chi connectivity index (χ0v) is 29.9. The van der Waals surface area contributed by atoms with Crippen LogP contribution < -0.4 is 15.0 Å². The van der Waals surface area contributed by atoms with Crippen molar-refractivity contribution in [3.8, 4) is 17.6 Å². The van der Waals surface area contributed by atoms with E-state index in [2.05, 4.69) is 22.1 Å². The summed E-state index contributed by atoms with van der Waals surface area (Å²) in [5.41, 5.74) is 1.76. The first-order valence-corrected chi connectivity index (χ1v) is 17.1. The number of benzene rings is 3. The third kappa shape index (κ3) is 9.14. The Kier molecular flexibility index (Phi) is 11.9. The van der Waals surface area contributed by atoms with Gasteiger partial charge in [0.25, 0.3) is 11.8 Å². The highest BCUT2D eigenvalue weighted by Gasteiger charge is 2.43. The van der Waals surface area contributed by atoms with Gasteiger partial charge >= 0.3 is 12.1 Å². The zero-order chi connectivity index (χ0) is 37.3. The van der Waals surface area contributed by atoms with Crippen molar-refractivity contribution in [3.63, 3.8) is 0 Å². The quantitative estimate of drug-likeness (QED) is 0.103. The molecule has 0 saturated carbocycles. The number of rotatable bonds is 10. The van der Waals surface area contributed by atoms with Gasteiger partial charge in [-0.15, -0.1) is 0 Å². The van der Waals surface area contributed by atoms with Crippen LogP contribution in [0.4, 0.5) is 22.0 Å². The number of amides is 3. The molecule has 0 aliphatic carbocycles. The Labute approximate surface area is 303 Å². The largest absolute Gasteiger partial charge is 0.489 e. The number of carbonyl (C=O) groups excluding carboxylic acids is 4.